The Labute approximate surface area is 211 Å². The van der Waals surface area contributed by atoms with Gasteiger partial charge in [-0.25, -0.2) is 0 Å². The van der Waals surface area contributed by atoms with E-state index >= 15 is 0 Å². The molecule has 0 saturated heterocycles. The number of hydrogen-bond donors (Lipinski definition) is 2. The summed E-state index contributed by atoms with van der Waals surface area (Å²) in [7, 11) is 0.542. The lowest BCUT2D eigenvalue weighted by molar-refractivity contribution is -0.318. The number of fused-ring (bicyclic) bond motifs is 3. The molecular formula is C31H27BFN3+. The van der Waals surface area contributed by atoms with Crippen molar-refractivity contribution in [2.24, 2.45) is 5.73 Å². The van der Waals surface area contributed by atoms with Gasteiger partial charge in [0.1, 0.15) is 5.70 Å². The molecule has 2 heterocycles. The van der Waals surface area contributed by atoms with Gasteiger partial charge in [-0.3, -0.25) is 14.5 Å². The topological polar surface area (TPSA) is 44.8 Å². The maximum absolute atomic E-state index is 14.1. The van der Waals surface area contributed by atoms with Gasteiger partial charge in [-0.05, 0) is 53.2 Å². The molecule has 3 N–H and O–H groups in total. The van der Waals surface area contributed by atoms with E-state index in [0.29, 0.717) is 19.2 Å². The highest BCUT2D eigenvalue weighted by Gasteiger charge is 2.30. The number of aromatic amines is 1. The lowest BCUT2D eigenvalue weighted by Crippen LogP contribution is -2.25. The van der Waals surface area contributed by atoms with E-state index in [-0.39, 0.29) is 0 Å². The maximum Gasteiger partial charge on any atom is 0.640 e. The quantitative estimate of drug-likeness (QED) is 0.329. The molecule has 0 fully saturated rings. The average molecular weight is 471 g/mol. The molecule has 1 aliphatic carbocycles. The smallest absolute Gasteiger partial charge is 0.354 e. The lowest BCUT2D eigenvalue weighted by atomic mass is 9.85. The zero-order valence-corrected chi connectivity index (χ0v) is 20.3. The van der Waals surface area contributed by atoms with Crippen LogP contribution in [0.15, 0.2) is 90.6 Å². The molecule has 175 valence electrons. The number of aryl methyl sites for hydroxylation is 2. The second-order valence-corrected chi connectivity index (χ2v) is 9.32. The summed E-state index contributed by atoms with van der Waals surface area (Å²) >= 11 is 0. The van der Waals surface area contributed by atoms with E-state index in [1.165, 1.54) is 32.3 Å². The van der Waals surface area contributed by atoms with Gasteiger partial charge < -0.3 is 4.98 Å². The van der Waals surface area contributed by atoms with Gasteiger partial charge >= 0.3 is 7.69 Å². The molecule has 0 bridgehead atoms. The number of rotatable bonds is 5. The first-order valence-electron chi connectivity index (χ1n) is 12.4. The zero-order chi connectivity index (χ0) is 24.6. The molecule has 0 atom stereocenters. The molecule has 5 heteroatoms. The summed E-state index contributed by atoms with van der Waals surface area (Å²) in [6, 6.07) is 27.1. The van der Waals surface area contributed by atoms with E-state index < -0.39 is 0 Å². The van der Waals surface area contributed by atoms with Crippen LogP contribution in [-0.2, 0) is 19.3 Å². The number of benzene rings is 3. The Morgan fingerprint density at radius 2 is 1.69 bits per heavy atom. The van der Waals surface area contributed by atoms with E-state index in [4.69, 9.17) is 5.73 Å². The molecule has 6 rings (SSSR count). The number of nitrogens with zero attached hydrogens (tertiary/aromatic N) is 1. The lowest BCUT2D eigenvalue weighted by Gasteiger charge is -2.18. The van der Waals surface area contributed by atoms with Gasteiger partial charge in [-0.1, -0.05) is 85.8 Å². The Balaban J connectivity index is 1.54. The monoisotopic (exact) mass is 471 g/mol. The highest BCUT2D eigenvalue weighted by Crippen LogP contribution is 2.42. The van der Waals surface area contributed by atoms with Gasteiger partial charge in [-0.15, -0.1) is 0 Å². The number of nitrogens with one attached hydrogen (secondary N) is 1. The van der Waals surface area contributed by atoms with E-state index in [1.54, 1.807) is 0 Å². The van der Waals surface area contributed by atoms with Crippen LogP contribution in [0.3, 0.4) is 0 Å². The minimum atomic E-state index is 0.380. The summed E-state index contributed by atoms with van der Waals surface area (Å²) in [5.41, 5.74) is 18.6. The third-order valence-corrected chi connectivity index (χ3v) is 7.27. The summed E-state index contributed by atoms with van der Waals surface area (Å²) < 4.78 is 15.5. The fraction of sp³-hybridized carbons (Fsp3) is 0.129. The minimum Gasteiger partial charge on any atom is -0.354 e. The second-order valence-electron chi connectivity index (χ2n) is 9.32. The molecule has 0 saturated carbocycles. The molecule has 0 spiro atoms. The predicted molar refractivity (Wildman–Crippen MR) is 147 cm³/mol. The Kier molecular flexibility index (Phi) is 5.69. The Morgan fingerprint density at radius 3 is 2.39 bits per heavy atom. The van der Waals surface area contributed by atoms with Crippen molar-refractivity contribution in [2.75, 3.05) is 0 Å². The highest BCUT2D eigenvalue weighted by atomic mass is 19.1. The zero-order valence-electron chi connectivity index (χ0n) is 20.3. The molecule has 3 nitrogen and oxygen atoms in total. The molecule has 1 radical (unpaired) electrons. The van der Waals surface area contributed by atoms with Gasteiger partial charge in [-0.2, -0.15) is 0 Å². The summed E-state index contributed by atoms with van der Waals surface area (Å²) in [6.45, 7) is 2.19. The number of hydrogen-bond acceptors (Lipinski definition) is 1. The fourth-order valence-electron chi connectivity index (χ4n) is 5.44. The first-order chi connectivity index (χ1) is 17.7. The van der Waals surface area contributed by atoms with E-state index in [2.05, 4.69) is 54.4 Å². The van der Waals surface area contributed by atoms with Crippen LogP contribution in [0.25, 0.3) is 34.0 Å². The predicted octanol–water partition coefficient (Wildman–Crippen LogP) is 6.32. The number of H-pyrrole nitrogens is 1. The molecule has 1 aromatic heterocycles. The number of aromatic nitrogens is 1. The Hall–Kier alpha value is -4.12. The van der Waals surface area contributed by atoms with Crippen LogP contribution < -0.4 is 5.73 Å². The first-order valence-corrected chi connectivity index (χ1v) is 12.4. The van der Waals surface area contributed by atoms with Crippen LogP contribution in [0, 0.1) is 0 Å². The highest BCUT2D eigenvalue weighted by molar-refractivity contribution is 6.28. The average Bonchev–Trinajstić information content (AvgIpc) is 3.46. The summed E-state index contributed by atoms with van der Waals surface area (Å²) in [5.74, 6) is 0.380. The summed E-state index contributed by atoms with van der Waals surface area (Å²) in [5, 5.41) is 0. The molecule has 0 unspecified atom stereocenters. The van der Waals surface area contributed by atoms with Crippen LogP contribution >= 0.6 is 0 Å². The van der Waals surface area contributed by atoms with Crippen LogP contribution in [0.1, 0.15) is 34.9 Å². The molecule has 0 amide bonds. The van der Waals surface area contributed by atoms with E-state index in [1.807, 2.05) is 48.6 Å². The molecule has 36 heavy (non-hydrogen) atoms. The minimum absolute atomic E-state index is 0.380. The fourth-order valence-corrected chi connectivity index (χ4v) is 5.44. The Morgan fingerprint density at radius 1 is 0.972 bits per heavy atom. The molecule has 3 aromatic carbocycles. The van der Waals surface area contributed by atoms with Crippen molar-refractivity contribution < 1.29 is 8.80 Å². The largest absolute Gasteiger partial charge is 0.640 e. The third-order valence-electron chi connectivity index (χ3n) is 7.27. The van der Waals surface area contributed by atoms with E-state index in [0.717, 1.165) is 47.4 Å². The molecular weight excluding hydrogens is 444 g/mol. The first kappa shape index (κ1) is 22.4. The number of amidine groups is 1. The number of allylic oxidation sites excluding steroid dienone is 1. The Bertz CT molecular complexity index is 1550. The summed E-state index contributed by atoms with van der Waals surface area (Å²) in [6.07, 6.45) is 6.96. The summed E-state index contributed by atoms with van der Waals surface area (Å²) in [4.78, 5) is 3.72. The SMILES string of the molecule is CCc1ccc2c(c1)CCc1c-2[nH]c(/C=C2/C=C(c3ccccc3)C(N)=[N+]2[B]F)c1-c1ccccc1. The third kappa shape index (κ3) is 3.72. The van der Waals surface area contributed by atoms with Crippen LogP contribution in [0.5, 0.6) is 0 Å². The normalized spacial score (nSPS) is 15.6. The second kappa shape index (κ2) is 9.16. The maximum atomic E-state index is 14.1. The number of halogens is 1. The molecule has 2 aliphatic rings. The van der Waals surface area contributed by atoms with Crippen LogP contribution in [0.2, 0.25) is 0 Å². The van der Waals surface area contributed by atoms with Crippen molar-refractivity contribution in [2.45, 2.75) is 26.2 Å². The van der Waals surface area contributed by atoms with Gasteiger partial charge in [0.15, 0.2) is 0 Å². The van der Waals surface area contributed by atoms with E-state index in [9.17, 15) is 4.32 Å². The molecule has 4 aromatic rings. The van der Waals surface area contributed by atoms with Crippen molar-refractivity contribution in [3.8, 4) is 22.4 Å². The van der Waals surface area contributed by atoms with Gasteiger partial charge in [0.25, 0.3) is 5.84 Å². The van der Waals surface area contributed by atoms with Crippen molar-refractivity contribution in [3.05, 3.63) is 119 Å². The standard InChI is InChI=1S/C31H27BFN3/c1-2-20-13-15-25-23(17-20)14-16-26-29(22-11-7-4-8-12-22)28(35-30(25)26)19-24-18-27(31(34)36(24)32-33)21-9-5-3-6-10-21/h3-13,15,17-19,35H,2,14,16,34H2,1H3/q+1. The van der Waals surface area contributed by atoms with Crippen molar-refractivity contribution in [3.63, 3.8) is 0 Å². The van der Waals surface area contributed by atoms with Crippen molar-refractivity contribution in [1.82, 2.24) is 4.98 Å². The van der Waals surface area contributed by atoms with Gasteiger partial charge in [0.2, 0.25) is 0 Å². The molecule has 1 aliphatic heterocycles. The van der Waals surface area contributed by atoms with Gasteiger partial charge in [0.05, 0.1) is 17.0 Å². The van der Waals surface area contributed by atoms with Crippen LogP contribution in [-0.4, -0.2) is 23.0 Å². The van der Waals surface area contributed by atoms with Crippen molar-refractivity contribution in [1.29, 1.82) is 0 Å². The van der Waals surface area contributed by atoms with Crippen LogP contribution in [0.4, 0.5) is 4.32 Å². The van der Waals surface area contributed by atoms with Gasteiger partial charge in [0, 0.05) is 17.2 Å². The number of nitrogens with two attached hydrogens (primary N) is 1. The van der Waals surface area contributed by atoms with Crippen molar-refractivity contribution >= 4 is 25.2 Å².